The monoisotopic (exact) mass is 372 g/mol. The highest BCUT2D eigenvalue weighted by Crippen LogP contribution is 2.53. The van der Waals surface area contributed by atoms with E-state index in [9.17, 15) is 9.59 Å². The Morgan fingerprint density at radius 3 is 2.42 bits per heavy atom. The molecule has 1 saturated heterocycles. The van der Waals surface area contributed by atoms with Crippen molar-refractivity contribution in [3.8, 4) is 0 Å². The van der Waals surface area contributed by atoms with E-state index < -0.39 is 0 Å². The number of piperidine rings is 1. The SMILES string of the molecule is O=C(NC1C2CC3CC(C2)CC1C3)C1CCCCN1C(=O)c1cccs1. The van der Waals surface area contributed by atoms with Crippen molar-refractivity contribution in [1.82, 2.24) is 10.2 Å². The summed E-state index contributed by atoms with van der Waals surface area (Å²) in [6, 6.07) is 3.85. The number of nitrogens with zero attached hydrogens (tertiary/aromatic N) is 1. The van der Waals surface area contributed by atoms with E-state index in [1.165, 1.54) is 43.4 Å². The molecule has 0 spiro atoms. The second-order valence-corrected chi connectivity index (χ2v) is 9.90. The molecule has 4 nitrogen and oxygen atoms in total. The summed E-state index contributed by atoms with van der Waals surface area (Å²) in [5.74, 6) is 3.33. The largest absolute Gasteiger partial charge is 0.351 e. The summed E-state index contributed by atoms with van der Waals surface area (Å²) in [7, 11) is 0. The Balaban J connectivity index is 1.30. The zero-order chi connectivity index (χ0) is 17.7. The first-order chi connectivity index (χ1) is 12.7. The van der Waals surface area contributed by atoms with Gasteiger partial charge < -0.3 is 10.2 Å². The maximum atomic E-state index is 13.2. The van der Waals surface area contributed by atoms with Gasteiger partial charge in [-0.3, -0.25) is 9.59 Å². The van der Waals surface area contributed by atoms with Gasteiger partial charge in [0.2, 0.25) is 5.91 Å². The van der Waals surface area contributed by atoms with E-state index in [2.05, 4.69) is 5.32 Å². The van der Waals surface area contributed by atoms with Gasteiger partial charge in [0.15, 0.2) is 0 Å². The van der Waals surface area contributed by atoms with Crippen molar-refractivity contribution < 1.29 is 9.59 Å². The third kappa shape index (κ3) is 2.88. The third-order valence-corrected chi connectivity index (χ3v) is 8.19. The Bertz CT molecular complexity index is 658. The molecule has 4 saturated carbocycles. The molecule has 0 aromatic carbocycles. The molecule has 1 unspecified atom stereocenters. The second kappa shape index (κ2) is 6.66. The summed E-state index contributed by atoms with van der Waals surface area (Å²) < 4.78 is 0. The van der Waals surface area contributed by atoms with E-state index in [4.69, 9.17) is 0 Å². The van der Waals surface area contributed by atoms with Crippen LogP contribution >= 0.6 is 11.3 Å². The van der Waals surface area contributed by atoms with Crippen LogP contribution in [0.2, 0.25) is 0 Å². The van der Waals surface area contributed by atoms with Gasteiger partial charge in [-0.1, -0.05) is 6.07 Å². The Hall–Kier alpha value is -1.36. The minimum Gasteiger partial charge on any atom is -0.351 e. The van der Waals surface area contributed by atoms with Crippen LogP contribution in [0.5, 0.6) is 0 Å². The molecule has 2 amide bonds. The van der Waals surface area contributed by atoms with Gasteiger partial charge in [-0.15, -0.1) is 11.3 Å². The fourth-order valence-electron chi connectivity index (χ4n) is 6.41. The Labute approximate surface area is 159 Å². The summed E-state index contributed by atoms with van der Waals surface area (Å²) in [6.45, 7) is 0.705. The average molecular weight is 373 g/mol. The van der Waals surface area contributed by atoms with Crippen molar-refractivity contribution in [2.75, 3.05) is 6.54 Å². The number of nitrogens with one attached hydrogen (secondary N) is 1. The lowest BCUT2D eigenvalue weighted by atomic mass is 9.54. The zero-order valence-corrected chi connectivity index (χ0v) is 16.0. The van der Waals surface area contributed by atoms with Crippen LogP contribution in [0.1, 0.15) is 61.0 Å². The molecular formula is C21H28N2O2S. The minimum absolute atomic E-state index is 0.0323. The van der Waals surface area contributed by atoms with E-state index >= 15 is 0 Å². The van der Waals surface area contributed by atoms with Crippen LogP contribution in [-0.4, -0.2) is 35.3 Å². The smallest absolute Gasteiger partial charge is 0.264 e. The van der Waals surface area contributed by atoms with Crippen LogP contribution in [0.4, 0.5) is 0 Å². The van der Waals surface area contributed by atoms with Crippen LogP contribution in [-0.2, 0) is 4.79 Å². The molecule has 5 heteroatoms. The Kier molecular flexibility index (Phi) is 4.30. The van der Waals surface area contributed by atoms with Gasteiger partial charge in [0.25, 0.3) is 5.91 Å². The van der Waals surface area contributed by atoms with Crippen LogP contribution in [0, 0.1) is 23.7 Å². The molecule has 5 aliphatic rings. The Morgan fingerprint density at radius 2 is 1.77 bits per heavy atom. The first kappa shape index (κ1) is 16.8. The van der Waals surface area contributed by atoms with E-state index in [1.54, 1.807) is 0 Å². The molecular weight excluding hydrogens is 344 g/mol. The summed E-state index contributed by atoms with van der Waals surface area (Å²) in [4.78, 5) is 28.6. The lowest BCUT2D eigenvalue weighted by molar-refractivity contribution is -0.130. The van der Waals surface area contributed by atoms with E-state index in [-0.39, 0.29) is 17.9 Å². The zero-order valence-electron chi connectivity index (χ0n) is 15.2. The van der Waals surface area contributed by atoms with Crippen LogP contribution in [0.25, 0.3) is 0 Å². The van der Waals surface area contributed by atoms with Crippen molar-refractivity contribution >= 4 is 23.2 Å². The number of amides is 2. The molecule has 1 atom stereocenters. The summed E-state index contributed by atoms with van der Waals surface area (Å²) in [6.07, 6.45) is 9.49. The molecule has 1 aliphatic heterocycles. The number of likely N-dealkylation sites (tertiary alicyclic amines) is 1. The fraction of sp³-hybridized carbons (Fsp3) is 0.714. The molecule has 4 bridgehead atoms. The fourth-order valence-corrected chi connectivity index (χ4v) is 7.09. The molecule has 1 N–H and O–H groups in total. The maximum Gasteiger partial charge on any atom is 0.264 e. The first-order valence-corrected chi connectivity index (χ1v) is 11.2. The van der Waals surface area contributed by atoms with Gasteiger partial charge in [-0.05, 0) is 86.5 Å². The second-order valence-electron chi connectivity index (χ2n) is 8.95. The molecule has 1 aromatic heterocycles. The molecule has 4 aliphatic carbocycles. The molecule has 5 fully saturated rings. The molecule has 2 heterocycles. The number of hydrogen-bond acceptors (Lipinski definition) is 3. The summed E-state index contributed by atoms with van der Waals surface area (Å²) >= 11 is 1.47. The van der Waals surface area contributed by atoms with E-state index in [0.717, 1.165) is 36.0 Å². The number of rotatable bonds is 3. The predicted octanol–water partition coefficient (Wildman–Crippen LogP) is 3.68. The maximum absolute atomic E-state index is 13.2. The number of carbonyl (C=O) groups is 2. The lowest BCUT2D eigenvalue weighted by Gasteiger charge is -2.54. The van der Waals surface area contributed by atoms with Crippen molar-refractivity contribution in [3.63, 3.8) is 0 Å². The quantitative estimate of drug-likeness (QED) is 0.880. The first-order valence-electron chi connectivity index (χ1n) is 10.3. The van der Waals surface area contributed by atoms with Crippen LogP contribution in [0.3, 0.4) is 0 Å². The summed E-state index contributed by atoms with van der Waals surface area (Å²) in [5, 5.41) is 5.36. The van der Waals surface area contributed by atoms with Gasteiger partial charge in [0.1, 0.15) is 6.04 Å². The lowest BCUT2D eigenvalue weighted by Crippen LogP contribution is -2.60. The van der Waals surface area contributed by atoms with Gasteiger partial charge in [-0.2, -0.15) is 0 Å². The van der Waals surface area contributed by atoms with Gasteiger partial charge in [0, 0.05) is 12.6 Å². The topological polar surface area (TPSA) is 49.4 Å². The van der Waals surface area contributed by atoms with Gasteiger partial charge in [-0.25, -0.2) is 0 Å². The van der Waals surface area contributed by atoms with Crippen LogP contribution in [0.15, 0.2) is 17.5 Å². The van der Waals surface area contributed by atoms with E-state index in [1.807, 2.05) is 22.4 Å². The molecule has 1 aromatic rings. The average Bonchev–Trinajstić information content (AvgIpc) is 3.18. The van der Waals surface area contributed by atoms with Crippen molar-refractivity contribution in [2.24, 2.45) is 23.7 Å². The highest BCUT2D eigenvalue weighted by molar-refractivity contribution is 7.12. The summed E-state index contributed by atoms with van der Waals surface area (Å²) in [5.41, 5.74) is 0. The number of hydrogen-bond donors (Lipinski definition) is 1. The molecule has 0 radical (unpaired) electrons. The number of thiophene rings is 1. The van der Waals surface area contributed by atoms with Crippen LogP contribution < -0.4 is 5.32 Å². The Morgan fingerprint density at radius 1 is 1.04 bits per heavy atom. The van der Waals surface area contributed by atoms with Gasteiger partial charge >= 0.3 is 0 Å². The van der Waals surface area contributed by atoms with Crippen molar-refractivity contribution in [1.29, 1.82) is 0 Å². The highest BCUT2D eigenvalue weighted by Gasteiger charge is 2.49. The third-order valence-electron chi connectivity index (χ3n) is 7.33. The highest BCUT2D eigenvalue weighted by atomic mass is 32.1. The molecule has 26 heavy (non-hydrogen) atoms. The van der Waals surface area contributed by atoms with Crippen molar-refractivity contribution in [2.45, 2.75) is 63.5 Å². The van der Waals surface area contributed by atoms with E-state index in [0.29, 0.717) is 24.4 Å². The minimum atomic E-state index is -0.282. The molecule has 140 valence electrons. The van der Waals surface area contributed by atoms with Crippen molar-refractivity contribution in [3.05, 3.63) is 22.4 Å². The predicted molar refractivity (Wildman–Crippen MR) is 102 cm³/mol. The molecule has 6 rings (SSSR count). The van der Waals surface area contributed by atoms with Gasteiger partial charge in [0.05, 0.1) is 4.88 Å². The standard InChI is InChI=1S/C21H28N2O2S/c24-20(22-19-15-9-13-8-14(11-15)12-16(19)10-13)17-4-1-2-6-23(17)21(25)18-5-3-7-26-18/h3,5,7,13-17,19H,1-2,4,6,8-12H2,(H,22,24). The number of carbonyl (C=O) groups excluding carboxylic acids is 2. The normalized spacial score (nSPS) is 38.4.